The lowest BCUT2D eigenvalue weighted by Crippen LogP contribution is -2.31. The highest BCUT2D eigenvalue weighted by Crippen LogP contribution is 1.98. The van der Waals surface area contributed by atoms with Gasteiger partial charge in [0, 0.05) is 0 Å². The minimum atomic E-state index is -0.364. The Morgan fingerprint density at radius 1 is 1.80 bits per heavy atom. The Balaban J connectivity index is 3.68. The summed E-state index contributed by atoms with van der Waals surface area (Å²) in [4.78, 5) is 13.1. The highest BCUT2D eigenvalue weighted by molar-refractivity contribution is 6.14. The molecule has 0 unspecified atom stereocenters. The Bertz CT molecular complexity index is 108. The molecule has 0 aromatic rings. The molecule has 0 rings (SSSR count). The number of halogens is 1. The van der Waals surface area contributed by atoms with E-state index in [2.05, 4.69) is 9.57 Å². The Morgan fingerprint density at radius 3 is 2.70 bits per heavy atom. The van der Waals surface area contributed by atoms with Crippen molar-refractivity contribution in [1.82, 2.24) is 4.84 Å². The molecule has 0 amide bonds. The molecule has 0 saturated heterocycles. The molecule has 4 heteroatoms. The third-order valence-electron chi connectivity index (χ3n) is 1.19. The van der Waals surface area contributed by atoms with Crippen LogP contribution < -0.4 is 4.84 Å². The van der Waals surface area contributed by atoms with Gasteiger partial charge in [-0.05, 0) is 18.2 Å². The number of hydrogen-bond donors (Lipinski definition) is 1. The summed E-state index contributed by atoms with van der Waals surface area (Å²) < 4.78 is 4.47. The lowest BCUT2D eigenvalue weighted by atomic mass is 10.2. The van der Waals surface area contributed by atoms with Gasteiger partial charge in [0.1, 0.15) is 6.04 Å². The van der Waals surface area contributed by atoms with Crippen LogP contribution in [0.15, 0.2) is 0 Å². The van der Waals surface area contributed by atoms with E-state index >= 15 is 0 Å². The smallest absolute Gasteiger partial charge is 0.324 e. The zero-order valence-corrected chi connectivity index (χ0v) is 6.94. The fourth-order valence-corrected chi connectivity index (χ4v) is 0.846. The van der Waals surface area contributed by atoms with Crippen LogP contribution in [0.1, 0.15) is 19.8 Å². The van der Waals surface area contributed by atoms with Gasteiger partial charge >= 0.3 is 5.97 Å². The summed E-state index contributed by atoms with van der Waals surface area (Å²) in [6.45, 7) is 1.98. The van der Waals surface area contributed by atoms with Gasteiger partial charge in [0.15, 0.2) is 0 Å². The van der Waals surface area contributed by atoms with Crippen molar-refractivity contribution in [2.24, 2.45) is 0 Å². The third kappa shape index (κ3) is 3.03. The number of carbonyl (C=O) groups is 1. The summed E-state index contributed by atoms with van der Waals surface area (Å²) in [5.41, 5.74) is 0. The standard InChI is InChI=1S/C6H12ClNO2/c1-3-4-5(8-7)6(9)10-2/h5,8H,3-4H2,1-2H3/t5-/m0/s1. The van der Waals surface area contributed by atoms with Crippen molar-refractivity contribution in [3.05, 3.63) is 0 Å². The summed E-state index contributed by atoms with van der Waals surface area (Å²) in [6.07, 6.45) is 1.61. The monoisotopic (exact) mass is 165 g/mol. The second-order valence-electron chi connectivity index (χ2n) is 1.97. The van der Waals surface area contributed by atoms with Gasteiger partial charge in [0.25, 0.3) is 0 Å². The molecule has 0 heterocycles. The van der Waals surface area contributed by atoms with Crippen molar-refractivity contribution >= 4 is 17.7 Å². The SMILES string of the molecule is CCC[C@H](NCl)C(=O)OC. The first-order chi connectivity index (χ1) is 4.76. The van der Waals surface area contributed by atoms with Gasteiger partial charge in [0.05, 0.1) is 7.11 Å². The lowest BCUT2D eigenvalue weighted by molar-refractivity contribution is -0.142. The fourth-order valence-electron chi connectivity index (χ4n) is 0.648. The van der Waals surface area contributed by atoms with E-state index in [-0.39, 0.29) is 12.0 Å². The molecule has 0 aliphatic heterocycles. The number of nitrogens with one attached hydrogen (secondary N) is 1. The third-order valence-corrected chi connectivity index (χ3v) is 1.46. The van der Waals surface area contributed by atoms with Gasteiger partial charge in [-0.1, -0.05) is 13.3 Å². The van der Waals surface area contributed by atoms with E-state index in [4.69, 9.17) is 11.8 Å². The van der Waals surface area contributed by atoms with Crippen molar-refractivity contribution < 1.29 is 9.53 Å². The van der Waals surface area contributed by atoms with Crippen molar-refractivity contribution in [2.75, 3.05) is 7.11 Å². The first kappa shape index (κ1) is 9.72. The van der Waals surface area contributed by atoms with Crippen molar-refractivity contribution in [3.63, 3.8) is 0 Å². The summed E-state index contributed by atoms with van der Waals surface area (Å²) in [7, 11) is 1.35. The molecule has 3 nitrogen and oxygen atoms in total. The maximum atomic E-state index is 10.8. The number of methoxy groups -OCH3 is 1. The minimum absolute atomic E-state index is 0.308. The van der Waals surface area contributed by atoms with Crippen LogP contribution >= 0.6 is 11.8 Å². The Morgan fingerprint density at radius 2 is 2.40 bits per heavy atom. The summed E-state index contributed by atoms with van der Waals surface area (Å²) in [6, 6.07) is -0.364. The summed E-state index contributed by atoms with van der Waals surface area (Å²) in [5.74, 6) is -0.308. The lowest BCUT2D eigenvalue weighted by Gasteiger charge is -2.09. The molecule has 0 aliphatic rings. The van der Waals surface area contributed by atoms with Crippen LogP contribution in [0.5, 0.6) is 0 Å². The van der Waals surface area contributed by atoms with Crippen molar-refractivity contribution in [2.45, 2.75) is 25.8 Å². The van der Waals surface area contributed by atoms with Gasteiger partial charge in [-0.15, -0.1) is 0 Å². The number of carbonyl (C=O) groups excluding carboxylic acids is 1. The van der Waals surface area contributed by atoms with Gasteiger partial charge in [0.2, 0.25) is 0 Å². The highest BCUT2D eigenvalue weighted by atomic mass is 35.5. The fraction of sp³-hybridized carbons (Fsp3) is 0.833. The number of esters is 1. The molecule has 0 aromatic carbocycles. The molecule has 0 saturated carbocycles. The largest absolute Gasteiger partial charge is 0.468 e. The van der Waals surface area contributed by atoms with E-state index in [1.54, 1.807) is 0 Å². The van der Waals surface area contributed by atoms with Crippen LogP contribution in [0.3, 0.4) is 0 Å². The Labute approximate surface area is 65.8 Å². The second kappa shape index (κ2) is 5.50. The van der Waals surface area contributed by atoms with Gasteiger partial charge in [-0.2, -0.15) is 0 Å². The quantitative estimate of drug-likeness (QED) is 0.500. The molecule has 0 radical (unpaired) electrons. The molecule has 0 spiro atoms. The van der Waals surface area contributed by atoms with E-state index in [1.807, 2.05) is 6.92 Å². The van der Waals surface area contributed by atoms with E-state index < -0.39 is 0 Å². The first-order valence-electron chi connectivity index (χ1n) is 3.20. The predicted molar refractivity (Wildman–Crippen MR) is 39.7 cm³/mol. The van der Waals surface area contributed by atoms with Crippen LogP contribution in [0.2, 0.25) is 0 Å². The average molecular weight is 166 g/mol. The minimum Gasteiger partial charge on any atom is -0.468 e. The molecule has 1 atom stereocenters. The van der Waals surface area contributed by atoms with Crippen LogP contribution in [0, 0.1) is 0 Å². The molecule has 60 valence electrons. The van der Waals surface area contributed by atoms with E-state index in [9.17, 15) is 4.79 Å². The Kier molecular flexibility index (Phi) is 5.35. The van der Waals surface area contributed by atoms with Crippen LogP contribution in [0.4, 0.5) is 0 Å². The molecule has 1 N–H and O–H groups in total. The van der Waals surface area contributed by atoms with Crippen molar-refractivity contribution in [3.8, 4) is 0 Å². The molecule has 0 bridgehead atoms. The summed E-state index contributed by atoms with van der Waals surface area (Å²) in [5, 5.41) is 0. The molecule has 0 aromatic heterocycles. The number of ether oxygens (including phenoxy) is 1. The number of rotatable bonds is 4. The maximum absolute atomic E-state index is 10.8. The van der Waals surface area contributed by atoms with Gasteiger partial charge in [-0.3, -0.25) is 4.79 Å². The second-order valence-corrected chi connectivity index (χ2v) is 2.19. The van der Waals surface area contributed by atoms with Gasteiger partial charge < -0.3 is 4.74 Å². The van der Waals surface area contributed by atoms with E-state index in [1.165, 1.54) is 7.11 Å². The molecule has 0 fully saturated rings. The topological polar surface area (TPSA) is 38.3 Å². The first-order valence-corrected chi connectivity index (χ1v) is 3.58. The number of hydrogen-bond acceptors (Lipinski definition) is 3. The van der Waals surface area contributed by atoms with Crippen molar-refractivity contribution in [1.29, 1.82) is 0 Å². The van der Waals surface area contributed by atoms with Crippen LogP contribution in [-0.2, 0) is 9.53 Å². The normalized spacial score (nSPS) is 12.7. The summed E-state index contributed by atoms with van der Waals surface area (Å²) >= 11 is 5.27. The van der Waals surface area contributed by atoms with Crippen LogP contribution in [0.25, 0.3) is 0 Å². The molecule has 0 aliphatic carbocycles. The Hall–Kier alpha value is -0.280. The predicted octanol–water partition coefficient (Wildman–Crippen LogP) is 1.07. The highest BCUT2D eigenvalue weighted by Gasteiger charge is 2.15. The molecular formula is C6H12ClNO2. The zero-order valence-electron chi connectivity index (χ0n) is 6.19. The van der Waals surface area contributed by atoms with Crippen LogP contribution in [-0.4, -0.2) is 19.1 Å². The average Bonchev–Trinajstić information content (AvgIpc) is 1.99. The zero-order chi connectivity index (χ0) is 7.98. The van der Waals surface area contributed by atoms with Gasteiger partial charge in [-0.25, -0.2) is 4.84 Å². The van der Waals surface area contributed by atoms with E-state index in [0.717, 1.165) is 6.42 Å². The molecule has 10 heavy (non-hydrogen) atoms. The van der Waals surface area contributed by atoms with E-state index in [0.29, 0.717) is 6.42 Å². The maximum Gasteiger partial charge on any atom is 0.324 e. The molecular weight excluding hydrogens is 154 g/mol.